The molecule has 3 heterocycles. The van der Waals surface area contributed by atoms with Crippen LogP contribution in [0.2, 0.25) is 5.02 Å². The maximum Gasteiger partial charge on any atom is 0.135 e. The van der Waals surface area contributed by atoms with E-state index >= 15 is 0 Å². The number of fused-ring (bicyclic) bond motifs is 1. The van der Waals surface area contributed by atoms with E-state index in [0.717, 1.165) is 65.9 Å². The molecule has 0 radical (unpaired) electrons. The van der Waals surface area contributed by atoms with E-state index in [-0.39, 0.29) is 0 Å². The summed E-state index contributed by atoms with van der Waals surface area (Å²) in [5.41, 5.74) is 4.35. The third-order valence-electron chi connectivity index (χ3n) is 5.25. The molecule has 1 saturated heterocycles. The SMILES string of the molecule is Cc1ncnc(N2CCN(Cc3nn(C)c4cccc(Cl)c34)CC2)c1C. The number of benzene rings is 1. The zero-order chi connectivity index (χ0) is 18.3. The second-order valence-corrected chi connectivity index (χ2v) is 7.28. The molecule has 0 N–H and O–H groups in total. The summed E-state index contributed by atoms with van der Waals surface area (Å²) in [5, 5.41) is 6.55. The van der Waals surface area contributed by atoms with Crippen LogP contribution < -0.4 is 4.90 Å². The van der Waals surface area contributed by atoms with Crippen LogP contribution in [-0.4, -0.2) is 50.8 Å². The van der Waals surface area contributed by atoms with Crippen LogP contribution in [0.4, 0.5) is 5.82 Å². The molecule has 0 atom stereocenters. The number of hydrogen-bond acceptors (Lipinski definition) is 5. The summed E-state index contributed by atoms with van der Waals surface area (Å²) in [6.07, 6.45) is 1.66. The average Bonchev–Trinajstić information content (AvgIpc) is 2.95. The lowest BCUT2D eigenvalue weighted by Gasteiger charge is -2.35. The predicted molar refractivity (Wildman–Crippen MR) is 105 cm³/mol. The second kappa shape index (κ2) is 6.85. The van der Waals surface area contributed by atoms with Crippen LogP contribution in [-0.2, 0) is 13.6 Å². The summed E-state index contributed by atoms with van der Waals surface area (Å²) in [5.74, 6) is 1.06. The van der Waals surface area contributed by atoms with Crippen LogP contribution in [0.3, 0.4) is 0 Å². The van der Waals surface area contributed by atoms with Gasteiger partial charge in [0.15, 0.2) is 0 Å². The Morgan fingerprint density at radius 2 is 1.85 bits per heavy atom. The zero-order valence-corrected chi connectivity index (χ0v) is 16.2. The standard InChI is InChI=1S/C19H23ClN6/c1-13-14(2)21-12-22-19(13)26-9-7-25(8-10-26)11-16-18-15(20)5-4-6-17(18)24(3)23-16/h4-6,12H,7-11H2,1-3H3. The maximum absolute atomic E-state index is 6.43. The van der Waals surface area contributed by atoms with E-state index in [1.54, 1.807) is 6.33 Å². The molecule has 1 aromatic carbocycles. The molecule has 26 heavy (non-hydrogen) atoms. The minimum Gasteiger partial charge on any atom is -0.354 e. The van der Waals surface area contributed by atoms with Crippen LogP contribution in [0.5, 0.6) is 0 Å². The van der Waals surface area contributed by atoms with Crippen molar-refractivity contribution in [2.75, 3.05) is 31.1 Å². The number of anilines is 1. The van der Waals surface area contributed by atoms with E-state index in [0.29, 0.717) is 0 Å². The fourth-order valence-corrected chi connectivity index (χ4v) is 3.92. The third-order valence-corrected chi connectivity index (χ3v) is 5.57. The molecule has 1 aliphatic heterocycles. The molecule has 0 unspecified atom stereocenters. The van der Waals surface area contributed by atoms with Crippen LogP contribution in [0, 0.1) is 13.8 Å². The highest BCUT2D eigenvalue weighted by Gasteiger charge is 2.22. The minimum atomic E-state index is 0.774. The Hall–Kier alpha value is -2.18. The van der Waals surface area contributed by atoms with Gasteiger partial charge in [0.05, 0.1) is 16.2 Å². The highest BCUT2D eigenvalue weighted by Crippen LogP contribution is 2.28. The molecule has 0 spiro atoms. The zero-order valence-electron chi connectivity index (χ0n) is 15.4. The molecular weight excluding hydrogens is 348 g/mol. The number of hydrogen-bond donors (Lipinski definition) is 0. The molecular formula is C19H23ClN6. The van der Waals surface area contributed by atoms with E-state index in [4.69, 9.17) is 16.7 Å². The van der Waals surface area contributed by atoms with Gasteiger partial charge in [-0.2, -0.15) is 5.10 Å². The average molecular weight is 371 g/mol. The Morgan fingerprint density at radius 3 is 2.62 bits per heavy atom. The molecule has 7 heteroatoms. The Labute approximate surface area is 158 Å². The molecule has 0 aliphatic carbocycles. The number of aryl methyl sites for hydroxylation is 2. The Kier molecular flexibility index (Phi) is 4.54. The van der Waals surface area contributed by atoms with Crippen molar-refractivity contribution in [2.45, 2.75) is 20.4 Å². The highest BCUT2D eigenvalue weighted by atomic mass is 35.5. The van der Waals surface area contributed by atoms with Crippen molar-refractivity contribution in [3.05, 3.63) is 46.5 Å². The van der Waals surface area contributed by atoms with Crippen molar-refractivity contribution >= 4 is 28.3 Å². The fourth-order valence-electron chi connectivity index (χ4n) is 3.64. The quantitative estimate of drug-likeness (QED) is 0.709. The largest absolute Gasteiger partial charge is 0.354 e. The number of rotatable bonds is 3. The highest BCUT2D eigenvalue weighted by molar-refractivity contribution is 6.35. The van der Waals surface area contributed by atoms with Crippen molar-refractivity contribution in [3.8, 4) is 0 Å². The fraction of sp³-hybridized carbons (Fsp3) is 0.421. The lowest BCUT2D eigenvalue weighted by atomic mass is 10.2. The van der Waals surface area contributed by atoms with E-state index in [1.807, 2.05) is 30.8 Å². The first-order chi connectivity index (χ1) is 12.5. The van der Waals surface area contributed by atoms with E-state index in [1.165, 1.54) is 5.56 Å². The molecule has 1 aliphatic rings. The second-order valence-electron chi connectivity index (χ2n) is 6.88. The number of piperazine rings is 1. The van der Waals surface area contributed by atoms with Crippen LogP contribution in [0.25, 0.3) is 10.9 Å². The molecule has 3 aromatic rings. The smallest absolute Gasteiger partial charge is 0.135 e. The summed E-state index contributed by atoms with van der Waals surface area (Å²) >= 11 is 6.43. The van der Waals surface area contributed by atoms with Gasteiger partial charge in [-0.3, -0.25) is 9.58 Å². The van der Waals surface area contributed by atoms with Gasteiger partial charge in [-0.15, -0.1) is 0 Å². The van der Waals surface area contributed by atoms with Crippen LogP contribution in [0.1, 0.15) is 17.0 Å². The van der Waals surface area contributed by atoms with Gasteiger partial charge in [-0.1, -0.05) is 17.7 Å². The number of aromatic nitrogens is 4. The number of nitrogens with zero attached hydrogens (tertiary/aromatic N) is 6. The van der Waals surface area contributed by atoms with Gasteiger partial charge < -0.3 is 4.90 Å². The van der Waals surface area contributed by atoms with Crippen molar-refractivity contribution in [2.24, 2.45) is 7.05 Å². The lowest BCUT2D eigenvalue weighted by Crippen LogP contribution is -2.46. The van der Waals surface area contributed by atoms with Crippen molar-refractivity contribution in [3.63, 3.8) is 0 Å². The van der Waals surface area contributed by atoms with Gasteiger partial charge in [-0.05, 0) is 26.0 Å². The van der Waals surface area contributed by atoms with Crippen molar-refractivity contribution < 1.29 is 0 Å². The molecule has 0 saturated carbocycles. The van der Waals surface area contributed by atoms with Gasteiger partial charge in [0.1, 0.15) is 12.1 Å². The summed E-state index contributed by atoms with van der Waals surface area (Å²) in [6, 6.07) is 5.98. The first-order valence-corrected chi connectivity index (χ1v) is 9.28. The molecule has 1 fully saturated rings. The van der Waals surface area contributed by atoms with Gasteiger partial charge in [0, 0.05) is 56.4 Å². The van der Waals surface area contributed by atoms with Crippen molar-refractivity contribution in [1.29, 1.82) is 0 Å². The summed E-state index contributed by atoms with van der Waals surface area (Å²) < 4.78 is 1.92. The third kappa shape index (κ3) is 3.04. The van der Waals surface area contributed by atoms with Crippen LogP contribution >= 0.6 is 11.6 Å². The monoisotopic (exact) mass is 370 g/mol. The predicted octanol–water partition coefficient (Wildman–Crippen LogP) is 2.96. The molecule has 0 bridgehead atoms. The normalized spacial score (nSPS) is 15.8. The summed E-state index contributed by atoms with van der Waals surface area (Å²) in [4.78, 5) is 13.6. The van der Waals surface area contributed by atoms with E-state index in [2.05, 4.69) is 32.8 Å². The molecule has 2 aromatic heterocycles. The summed E-state index contributed by atoms with van der Waals surface area (Å²) in [7, 11) is 1.97. The van der Waals surface area contributed by atoms with E-state index in [9.17, 15) is 0 Å². The van der Waals surface area contributed by atoms with Gasteiger partial charge >= 0.3 is 0 Å². The lowest BCUT2D eigenvalue weighted by molar-refractivity contribution is 0.246. The van der Waals surface area contributed by atoms with Gasteiger partial charge in [0.25, 0.3) is 0 Å². The molecule has 4 rings (SSSR count). The van der Waals surface area contributed by atoms with Crippen molar-refractivity contribution in [1.82, 2.24) is 24.6 Å². The van der Waals surface area contributed by atoms with Crippen LogP contribution in [0.15, 0.2) is 24.5 Å². The van der Waals surface area contributed by atoms with Gasteiger partial charge in [0.2, 0.25) is 0 Å². The first-order valence-electron chi connectivity index (χ1n) is 8.90. The molecule has 0 amide bonds. The molecule has 6 nitrogen and oxygen atoms in total. The Balaban J connectivity index is 1.49. The van der Waals surface area contributed by atoms with E-state index < -0.39 is 0 Å². The minimum absolute atomic E-state index is 0.774. The maximum atomic E-state index is 6.43. The Morgan fingerprint density at radius 1 is 1.08 bits per heavy atom. The topological polar surface area (TPSA) is 50.1 Å². The molecule has 136 valence electrons. The summed E-state index contributed by atoms with van der Waals surface area (Å²) in [6.45, 7) is 8.81. The van der Waals surface area contributed by atoms with Gasteiger partial charge in [-0.25, -0.2) is 9.97 Å². The number of halogens is 1. The first kappa shape index (κ1) is 17.2. The Bertz CT molecular complexity index is 943.